The largest absolute Gasteiger partial charge is 0.350 e. The van der Waals surface area contributed by atoms with Gasteiger partial charge < -0.3 is 4.74 Å². The second-order valence-corrected chi connectivity index (χ2v) is 1.44. The quantitative estimate of drug-likeness (QED) is 0.493. The molecular weight excluding hydrogens is 92.1 g/mol. The monoisotopic (exact) mass is 103 g/mol. The lowest BCUT2D eigenvalue weighted by Crippen LogP contribution is -2.04. The highest BCUT2D eigenvalue weighted by Crippen LogP contribution is 1.85. The Labute approximate surface area is 44.1 Å². The molecule has 2 nitrogen and oxygen atoms in total. The Bertz CT molecular complexity index is 35.1. The Morgan fingerprint density at radius 1 is 1.71 bits per heavy atom. The molecule has 0 spiro atoms. The van der Waals surface area contributed by atoms with Crippen molar-refractivity contribution in [1.29, 1.82) is 0 Å². The van der Waals surface area contributed by atoms with Gasteiger partial charge in [0.05, 0.1) is 0 Å². The molecule has 1 atom stereocenters. The summed E-state index contributed by atoms with van der Waals surface area (Å²) in [5.41, 5.74) is 0. The molecule has 43 valence electrons. The summed E-state index contributed by atoms with van der Waals surface area (Å²) in [6.07, 6.45) is 0.0759. The summed E-state index contributed by atoms with van der Waals surface area (Å²) in [7, 11) is 0. The lowest BCUT2D eigenvalue weighted by molar-refractivity contribution is -0.126. The molecule has 0 aliphatic carbocycles. The van der Waals surface area contributed by atoms with E-state index in [2.05, 4.69) is 4.74 Å². The Morgan fingerprint density at radius 2 is 2.29 bits per heavy atom. The van der Waals surface area contributed by atoms with Crippen LogP contribution in [-0.4, -0.2) is 12.9 Å². The van der Waals surface area contributed by atoms with E-state index >= 15 is 0 Å². The van der Waals surface area contributed by atoms with Crippen LogP contribution in [0.1, 0.15) is 20.3 Å². The molecule has 0 fully saturated rings. The van der Waals surface area contributed by atoms with Crippen molar-refractivity contribution in [3.63, 3.8) is 0 Å². The maximum atomic E-state index is 10.1. The van der Waals surface area contributed by atoms with Gasteiger partial charge in [-0.3, -0.25) is 0 Å². The molecule has 0 N–H and O–H groups in total. The van der Waals surface area contributed by atoms with Gasteiger partial charge in [-0.1, -0.05) is 6.92 Å². The molecule has 1 radical (unpaired) electrons. The normalized spacial score (nSPS) is 14.1. The van der Waals surface area contributed by atoms with Gasteiger partial charge in [-0.2, -0.15) is 0 Å². The third-order valence-electron chi connectivity index (χ3n) is 0.557. The van der Waals surface area contributed by atoms with E-state index in [0.29, 0.717) is 6.61 Å². The van der Waals surface area contributed by atoms with Crippen molar-refractivity contribution in [1.82, 2.24) is 0 Å². The summed E-state index contributed by atoms with van der Waals surface area (Å²) in [5, 5.41) is 10.1. The van der Waals surface area contributed by atoms with Gasteiger partial charge in [0, 0.05) is 6.61 Å². The highest BCUT2D eigenvalue weighted by Gasteiger charge is 1.91. The minimum absolute atomic E-state index is 0.588. The van der Waals surface area contributed by atoms with Crippen LogP contribution in [0.15, 0.2) is 0 Å². The third kappa shape index (κ3) is 5.92. The second kappa shape index (κ2) is 4.09. The first kappa shape index (κ1) is 6.92. The van der Waals surface area contributed by atoms with E-state index in [-0.39, 0.29) is 0 Å². The van der Waals surface area contributed by atoms with Gasteiger partial charge in [0.2, 0.25) is 0 Å². The van der Waals surface area contributed by atoms with Gasteiger partial charge in [0.1, 0.15) is 0 Å². The van der Waals surface area contributed by atoms with Crippen LogP contribution < -0.4 is 0 Å². The highest BCUT2D eigenvalue weighted by atomic mass is 16.6. The molecule has 0 aromatic carbocycles. The Balaban J connectivity index is 2.68. The van der Waals surface area contributed by atoms with Gasteiger partial charge in [0.15, 0.2) is 6.29 Å². The van der Waals surface area contributed by atoms with Crippen LogP contribution in [0, 0.1) is 0 Å². The summed E-state index contributed by atoms with van der Waals surface area (Å²) < 4.78 is 4.64. The zero-order chi connectivity index (χ0) is 5.70. The topological polar surface area (TPSA) is 29.1 Å². The average molecular weight is 103 g/mol. The minimum Gasteiger partial charge on any atom is -0.350 e. The van der Waals surface area contributed by atoms with Crippen LogP contribution in [0.2, 0.25) is 0 Å². The molecule has 0 aromatic heterocycles. The van der Waals surface area contributed by atoms with Crippen molar-refractivity contribution in [2.24, 2.45) is 0 Å². The van der Waals surface area contributed by atoms with E-state index < -0.39 is 6.29 Å². The van der Waals surface area contributed by atoms with E-state index in [9.17, 15) is 5.11 Å². The fourth-order valence-electron chi connectivity index (χ4n) is 0.284. The lowest BCUT2D eigenvalue weighted by Gasteiger charge is -1.99. The standard InChI is InChI=1S/C5H11O2/c1-3-4-7-5(2)6/h5H,3-4H2,1-2H3. The summed E-state index contributed by atoms with van der Waals surface area (Å²) >= 11 is 0. The molecular formula is C5H11O2. The predicted octanol–water partition coefficient (Wildman–Crippen LogP) is 1.19. The minimum atomic E-state index is -0.847. The van der Waals surface area contributed by atoms with Gasteiger partial charge in [-0.25, -0.2) is 5.11 Å². The molecule has 0 saturated heterocycles. The summed E-state index contributed by atoms with van der Waals surface area (Å²) in [6, 6.07) is 0. The van der Waals surface area contributed by atoms with Crippen molar-refractivity contribution >= 4 is 0 Å². The van der Waals surface area contributed by atoms with Crippen LogP contribution >= 0.6 is 0 Å². The molecule has 0 bridgehead atoms. The van der Waals surface area contributed by atoms with Crippen molar-refractivity contribution < 1.29 is 9.84 Å². The first-order valence-electron chi connectivity index (χ1n) is 2.54. The van der Waals surface area contributed by atoms with E-state index in [1.807, 2.05) is 6.92 Å². The first-order chi connectivity index (χ1) is 3.27. The number of hydrogen-bond donors (Lipinski definition) is 0. The third-order valence-corrected chi connectivity index (χ3v) is 0.557. The number of hydrogen-bond acceptors (Lipinski definition) is 1. The van der Waals surface area contributed by atoms with Crippen molar-refractivity contribution in [2.75, 3.05) is 6.61 Å². The fourth-order valence-corrected chi connectivity index (χ4v) is 0.284. The summed E-state index contributed by atoms with van der Waals surface area (Å²) in [6.45, 7) is 4.06. The van der Waals surface area contributed by atoms with Crippen molar-refractivity contribution in [2.45, 2.75) is 26.6 Å². The van der Waals surface area contributed by atoms with E-state index in [4.69, 9.17) is 0 Å². The fraction of sp³-hybridized carbons (Fsp3) is 1.00. The first-order valence-corrected chi connectivity index (χ1v) is 2.54. The number of ether oxygens (including phenoxy) is 1. The van der Waals surface area contributed by atoms with E-state index in [1.54, 1.807) is 0 Å². The molecule has 0 aliphatic heterocycles. The maximum absolute atomic E-state index is 10.1. The molecule has 0 aliphatic rings. The Morgan fingerprint density at radius 3 is 2.43 bits per heavy atom. The Kier molecular flexibility index (Phi) is 4.04. The van der Waals surface area contributed by atoms with Crippen LogP contribution in [0.5, 0.6) is 0 Å². The molecule has 2 heteroatoms. The van der Waals surface area contributed by atoms with E-state index in [1.165, 1.54) is 6.92 Å². The van der Waals surface area contributed by atoms with Crippen LogP contribution in [-0.2, 0) is 9.84 Å². The van der Waals surface area contributed by atoms with Gasteiger partial charge in [-0.15, -0.1) is 0 Å². The van der Waals surface area contributed by atoms with E-state index in [0.717, 1.165) is 6.42 Å². The molecule has 1 unspecified atom stereocenters. The zero-order valence-electron chi connectivity index (χ0n) is 4.81. The predicted molar refractivity (Wildman–Crippen MR) is 26.4 cm³/mol. The molecule has 7 heavy (non-hydrogen) atoms. The SMILES string of the molecule is CCCOC(C)[O]. The maximum Gasteiger partial charge on any atom is 0.188 e. The van der Waals surface area contributed by atoms with Gasteiger partial charge >= 0.3 is 0 Å². The molecule has 0 heterocycles. The summed E-state index contributed by atoms with van der Waals surface area (Å²) in [5.74, 6) is 0. The molecule has 0 amide bonds. The molecule has 0 saturated carbocycles. The smallest absolute Gasteiger partial charge is 0.188 e. The van der Waals surface area contributed by atoms with Gasteiger partial charge in [0.25, 0.3) is 0 Å². The number of rotatable bonds is 3. The van der Waals surface area contributed by atoms with Crippen molar-refractivity contribution in [3.05, 3.63) is 0 Å². The van der Waals surface area contributed by atoms with Crippen LogP contribution in [0.3, 0.4) is 0 Å². The van der Waals surface area contributed by atoms with Crippen LogP contribution in [0.4, 0.5) is 0 Å². The second-order valence-electron chi connectivity index (χ2n) is 1.44. The zero-order valence-corrected chi connectivity index (χ0v) is 4.81. The molecule has 0 rings (SSSR count). The average Bonchev–Trinajstić information content (AvgIpc) is 1.61. The van der Waals surface area contributed by atoms with Crippen LogP contribution in [0.25, 0.3) is 0 Å². The molecule has 0 aromatic rings. The Hall–Kier alpha value is -0.0800. The summed E-state index contributed by atoms with van der Waals surface area (Å²) in [4.78, 5) is 0. The lowest BCUT2D eigenvalue weighted by atomic mass is 10.5. The highest BCUT2D eigenvalue weighted by molar-refractivity contribution is 4.24. The van der Waals surface area contributed by atoms with Crippen molar-refractivity contribution in [3.8, 4) is 0 Å². The van der Waals surface area contributed by atoms with Gasteiger partial charge in [-0.05, 0) is 13.3 Å².